The lowest BCUT2D eigenvalue weighted by Crippen LogP contribution is -2.41. The number of carbonyl (C=O) groups is 2. The van der Waals surface area contributed by atoms with Gasteiger partial charge in [-0.3, -0.25) is 9.59 Å². The molecule has 0 aliphatic carbocycles. The highest BCUT2D eigenvalue weighted by Gasteiger charge is 2.18. The van der Waals surface area contributed by atoms with Gasteiger partial charge in [-0.15, -0.1) is 0 Å². The molecule has 0 radical (unpaired) electrons. The molecule has 21 heavy (non-hydrogen) atoms. The maximum atomic E-state index is 13.4. The van der Waals surface area contributed by atoms with Crippen LogP contribution >= 0.6 is 0 Å². The number of rotatable bonds is 4. The second-order valence-electron chi connectivity index (χ2n) is 4.63. The van der Waals surface area contributed by atoms with Crippen molar-refractivity contribution in [3.8, 4) is 0 Å². The Hall–Kier alpha value is -2.63. The van der Waals surface area contributed by atoms with Crippen LogP contribution in [0.3, 0.4) is 0 Å². The van der Waals surface area contributed by atoms with Gasteiger partial charge in [0, 0.05) is 5.69 Å². The second kappa shape index (κ2) is 6.21. The van der Waals surface area contributed by atoms with Crippen molar-refractivity contribution in [2.24, 2.45) is 0 Å². The third-order valence-corrected chi connectivity index (χ3v) is 2.93. The van der Waals surface area contributed by atoms with Gasteiger partial charge in [-0.05, 0) is 43.7 Å². The fourth-order valence-corrected chi connectivity index (χ4v) is 1.66. The Kier molecular flexibility index (Phi) is 4.37. The molecule has 0 aliphatic rings. The SMILES string of the molecule is Cc1ccc(NC(=O)[C@@H](C)NC(=O)c2ccco2)cc1F. The van der Waals surface area contributed by atoms with E-state index in [1.54, 1.807) is 25.1 Å². The molecule has 2 N–H and O–H groups in total. The van der Waals surface area contributed by atoms with Crippen molar-refractivity contribution in [2.75, 3.05) is 5.32 Å². The van der Waals surface area contributed by atoms with Crippen molar-refractivity contribution in [2.45, 2.75) is 19.9 Å². The highest BCUT2D eigenvalue weighted by atomic mass is 19.1. The van der Waals surface area contributed by atoms with Crippen LogP contribution in [0.25, 0.3) is 0 Å². The van der Waals surface area contributed by atoms with E-state index in [1.807, 2.05) is 0 Å². The zero-order valence-corrected chi connectivity index (χ0v) is 11.6. The van der Waals surface area contributed by atoms with Gasteiger partial charge in [-0.2, -0.15) is 0 Å². The fraction of sp³-hybridized carbons (Fsp3) is 0.200. The quantitative estimate of drug-likeness (QED) is 0.908. The first kappa shape index (κ1) is 14.8. The molecule has 110 valence electrons. The summed E-state index contributed by atoms with van der Waals surface area (Å²) in [5.41, 5.74) is 0.828. The summed E-state index contributed by atoms with van der Waals surface area (Å²) in [6.07, 6.45) is 1.37. The first-order valence-corrected chi connectivity index (χ1v) is 6.39. The first-order valence-electron chi connectivity index (χ1n) is 6.39. The van der Waals surface area contributed by atoms with Gasteiger partial charge in [0.15, 0.2) is 5.76 Å². The van der Waals surface area contributed by atoms with Gasteiger partial charge >= 0.3 is 0 Å². The van der Waals surface area contributed by atoms with E-state index in [4.69, 9.17) is 4.42 Å². The summed E-state index contributed by atoms with van der Waals surface area (Å²) in [6.45, 7) is 3.16. The molecule has 0 fully saturated rings. The number of furan rings is 1. The van der Waals surface area contributed by atoms with Crippen molar-refractivity contribution in [1.29, 1.82) is 0 Å². The number of hydrogen-bond donors (Lipinski definition) is 2. The van der Waals surface area contributed by atoms with E-state index in [0.717, 1.165) is 0 Å². The van der Waals surface area contributed by atoms with Gasteiger partial charge in [0.1, 0.15) is 11.9 Å². The van der Waals surface area contributed by atoms with E-state index in [-0.39, 0.29) is 5.76 Å². The van der Waals surface area contributed by atoms with Crippen LogP contribution in [-0.2, 0) is 4.79 Å². The van der Waals surface area contributed by atoms with Crippen LogP contribution in [0.5, 0.6) is 0 Å². The highest BCUT2D eigenvalue weighted by Crippen LogP contribution is 2.13. The summed E-state index contributed by atoms with van der Waals surface area (Å²) in [5.74, 6) is -1.22. The zero-order valence-electron chi connectivity index (χ0n) is 11.6. The Bertz CT molecular complexity index is 653. The maximum Gasteiger partial charge on any atom is 0.287 e. The van der Waals surface area contributed by atoms with Crippen LogP contribution in [0.15, 0.2) is 41.0 Å². The zero-order chi connectivity index (χ0) is 15.4. The topological polar surface area (TPSA) is 71.3 Å². The third kappa shape index (κ3) is 3.68. The normalized spacial score (nSPS) is 11.8. The van der Waals surface area contributed by atoms with Gasteiger partial charge in [-0.1, -0.05) is 6.07 Å². The van der Waals surface area contributed by atoms with Crippen molar-refractivity contribution < 1.29 is 18.4 Å². The van der Waals surface area contributed by atoms with Crippen molar-refractivity contribution in [3.63, 3.8) is 0 Å². The van der Waals surface area contributed by atoms with Crippen LogP contribution in [0.1, 0.15) is 23.0 Å². The molecule has 2 amide bonds. The van der Waals surface area contributed by atoms with E-state index >= 15 is 0 Å². The Morgan fingerprint density at radius 2 is 2.05 bits per heavy atom. The Morgan fingerprint density at radius 1 is 1.29 bits per heavy atom. The highest BCUT2D eigenvalue weighted by molar-refractivity contribution is 5.99. The molecule has 0 aliphatic heterocycles. The van der Waals surface area contributed by atoms with Crippen molar-refractivity contribution in [1.82, 2.24) is 5.32 Å². The average molecular weight is 290 g/mol. The molecule has 2 rings (SSSR count). The number of aryl methyl sites for hydroxylation is 1. The number of hydrogen-bond acceptors (Lipinski definition) is 3. The number of anilines is 1. The van der Waals surface area contributed by atoms with Crippen LogP contribution in [0.4, 0.5) is 10.1 Å². The second-order valence-corrected chi connectivity index (χ2v) is 4.63. The summed E-state index contributed by atoms with van der Waals surface area (Å²) in [4.78, 5) is 23.7. The number of nitrogens with one attached hydrogen (secondary N) is 2. The Balaban J connectivity index is 1.96. The minimum atomic E-state index is -0.785. The summed E-state index contributed by atoms with van der Waals surface area (Å²) in [5, 5.41) is 5.03. The molecule has 0 bridgehead atoms. The summed E-state index contributed by atoms with van der Waals surface area (Å²) < 4.78 is 18.3. The van der Waals surface area contributed by atoms with E-state index in [9.17, 15) is 14.0 Å². The number of amides is 2. The predicted molar refractivity (Wildman–Crippen MR) is 75.4 cm³/mol. The molecule has 1 aromatic heterocycles. The lowest BCUT2D eigenvalue weighted by molar-refractivity contribution is -0.117. The average Bonchev–Trinajstić information content (AvgIpc) is 2.97. The van der Waals surface area contributed by atoms with Gasteiger partial charge in [0.05, 0.1) is 6.26 Å². The van der Waals surface area contributed by atoms with Crippen LogP contribution in [-0.4, -0.2) is 17.9 Å². The molecule has 0 saturated heterocycles. The monoisotopic (exact) mass is 290 g/mol. The number of carbonyl (C=O) groups excluding carboxylic acids is 2. The van der Waals surface area contributed by atoms with Crippen LogP contribution in [0, 0.1) is 12.7 Å². The molecule has 2 aromatic rings. The molecule has 1 heterocycles. The minimum absolute atomic E-state index is 0.121. The summed E-state index contributed by atoms with van der Waals surface area (Å²) in [6, 6.07) is 6.68. The van der Waals surface area contributed by atoms with Gasteiger partial charge in [0.25, 0.3) is 5.91 Å². The lowest BCUT2D eigenvalue weighted by atomic mass is 10.2. The van der Waals surface area contributed by atoms with Crippen molar-refractivity contribution >= 4 is 17.5 Å². The van der Waals surface area contributed by atoms with Gasteiger partial charge in [-0.25, -0.2) is 4.39 Å². The molecular weight excluding hydrogens is 275 g/mol. The third-order valence-electron chi connectivity index (χ3n) is 2.93. The summed E-state index contributed by atoms with van der Waals surface area (Å²) in [7, 11) is 0. The predicted octanol–water partition coefficient (Wildman–Crippen LogP) is 2.48. The largest absolute Gasteiger partial charge is 0.459 e. The van der Waals surface area contributed by atoms with Crippen LogP contribution in [0.2, 0.25) is 0 Å². The molecular formula is C15H15FN2O3. The summed E-state index contributed by atoms with van der Waals surface area (Å²) >= 11 is 0. The lowest BCUT2D eigenvalue weighted by Gasteiger charge is -2.13. The van der Waals surface area contributed by atoms with E-state index in [2.05, 4.69) is 10.6 Å². The Morgan fingerprint density at radius 3 is 2.67 bits per heavy atom. The maximum absolute atomic E-state index is 13.4. The molecule has 1 atom stereocenters. The van der Waals surface area contributed by atoms with Gasteiger partial charge in [0.2, 0.25) is 5.91 Å². The number of halogens is 1. The smallest absolute Gasteiger partial charge is 0.287 e. The number of benzene rings is 1. The molecule has 0 unspecified atom stereocenters. The Labute approximate surface area is 121 Å². The molecule has 6 heteroatoms. The van der Waals surface area contributed by atoms with E-state index < -0.39 is 23.7 Å². The molecule has 0 saturated carbocycles. The fourth-order valence-electron chi connectivity index (χ4n) is 1.66. The van der Waals surface area contributed by atoms with Crippen LogP contribution < -0.4 is 10.6 Å². The van der Waals surface area contributed by atoms with Gasteiger partial charge < -0.3 is 15.1 Å². The van der Waals surface area contributed by atoms with E-state index in [0.29, 0.717) is 11.3 Å². The molecule has 1 aromatic carbocycles. The minimum Gasteiger partial charge on any atom is -0.459 e. The standard InChI is InChI=1S/C15H15FN2O3/c1-9-5-6-11(8-12(9)16)18-14(19)10(2)17-15(20)13-4-3-7-21-13/h3-8,10H,1-2H3,(H,17,20)(H,18,19)/t10-/m1/s1. The molecule has 5 nitrogen and oxygen atoms in total. The first-order chi connectivity index (χ1) is 9.97. The molecule has 0 spiro atoms. The van der Waals surface area contributed by atoms with E-state index in [1.165, 1.54) is 25.3 Å². The van der Waals surface area contributed by atoms with Crippen molar-refractivity contribution in [3.05, 3.63) is 53.7 Å².